The summed E-state index contributed by atoms with van der Waals surface area (Å²) in [6, 6.07) is 40.3. The SMILES string of the molecule is COc1ccc(/C=C(/NC(=O)c2ccccc2)C(=O)Nc2cccc(SC(C(=O)Nc3cccc(C)c3)c3ccccc3)c2)cc1. The van der Waals surface area contributed by atoms with E-state index in [0.717, 1.165) is 21.7 Å². The Bertz CT molecular complexity index is 1840. The maximum absolute atomic E-state index is 13.6. The van der Waals surface area contributed by atoms with Gasteiger partial charge in [0.25, 0.3) is 11.8 Å². The van der Waals surface area contributed by atoms with Crippen LogP contribution in [0.15, 0.2) is 144 Å². The van der Waals surface area contributed by atoms with Gasteiger partial charge in [0.2, 0.25) is 5.91 Å². The van der Waals surface area contributed by atoms with Gasteiger partial charge in [-0.25, -0.2) is 0 Å². The van der Waals surface area contributed by atoms with Gasteiger partial charge in [-0.2, -0.15) is 0 Å². The Hall–Kier alpha value is -5.60. The average molecular weight is 628 g/mol. The van der Waals surface area contributed by atoms with E-state index in [9.17, 15) is 14.4 Å². The number of aryl methyl sites for hydroxylation is 1. The van der Waals surface area contributed by atoms with Crippen molar-refractivity contribution in [3.05, 3.63) is 161 Å². The first-order chi connectivity index (χ1) is 22.4. The quantitative estimate of drug-likeness (QED) is 0.102. The molecule has 5 aromatic carbocycles. The van der Waals surface area contributed by atoms with Crippen LogP contribution in [0.3, 0.4) is 0 Å². The summed E-state index contributed by atoms with van der Waals surface area (Å²) in [4.78, 5) is 41.0. The maximum Gasteiger partial charge on any atom is 0.272 e. The number of amides is 3. The van der Waals surface area contributed by atoms with Gasteiger partial charge in [0.15, 0.2) is 0 Å². The molecule has 8 heteroatoms. The molecule has 230 valence electrons. The Morgan fingerprint density at radius 2 is 1.37 bits per heavy atom. The number of hydrogen-bond donors (Lipinski definition) is 3. The Morgan fingerprint density at radius 3 is 2.04 bits per heavy atom. The Kier molecular flexibility index (Phi) is 10.7. The number of nitrogens with one attached hydrogen (secondary N) is 3. The molecule has 46 heavy (non-hydrogen) atoms. The molecule has 3 N–H and O–H groups in total. The van der Waals surface area contributed by atoms with E-state index in [4.69, 9.17) is 4.74 Å². The second kappa shape index (κ2) is 15.4. The third kappa shape index (κ3) is 8.74. The molecule has 0 aliphatic heterocycles. The fourth-order valence-electron chi connectivity index (χ4n) is 4.62. The summed E-state index contributed by atoms with van der Waals surface area (Å²) in [6.45, 7) is 1.98. The molecule has 7 nitrogen and oxygen atoms in total. The predicted molar refractivity (Wildman–Crippen MR) is 185 cm³/mol. The molecular formula is C38H33N3O4S. The topological polar surface area (TPSA) is 96.5 Å². The van der Waals surface area contributed by atoms with E-state index >= 15 is 0 Å². The highest BCUT2D eigenvalue weighted by Gasteiger charge is 2.23. The lowest BCUT2D eigenvalue weighted by Gasteiger charge is -2.18. The van der Waals surface area contributed by atoms with Crippen molar-refractivity contribution in [3.8, 4) is 5.75 Å². The van der Waals surface area contributed by atoms with Gasteiger partial charge < -0.3 is 20.7 Å². The molecule has 0 spiro atoms. The number of carbonyl (C=O) groups excluding carboxylic acids is 3. The zero-order valence-corrected chi connectivity index (χ0v) is 26.2. The van der Waals surface area contributed by atoms with E-state index < -0.39 is 17.1 Å². The van der Waals surface area contributed by atoms with Gasteiger partial charge in [-0.05, 0) is 84.3 Å². The minimum atomic E-state index is -0.552. The van der Waals surface area contributed by atoms with E-state index in [1.165, 1.54) is 11.8 Å². The minimum Gasteiger partial charge on any atom is -0.497 e. The molecular weight excluding hydrogens is 595 g/mol. The molecule has 0 saturated heterocycles. The van der Waals surface area contributed by atoms with Crippen molar-refractivity contribution in [1.82, 2.24) is 5.32 Å². The molecule has 0 fully saturated rings. The van der Waals surface area contributed by atoms with Crippen molar-refractivity contribution in [2.24, 2.45) is 0 Å². The fraction of sp³-hybridized carbons (Fsp3) is 0.0789. The molecule has 0 bridgehead atoms. The lowest BCUT2D eigenvalue weighted by atomic mass is 10.1. The summed E-state index contributed by atoms with van der Waals surface area (Å²) in [6.07, 6.45) is 1.61. The summed E-state index contributed by atoms with van der Waals surface area (Å²) in [5, 5.41) is 8.16. The van der Waals surface area contributed by atoms with Gasteiger partial charge in [0.05, 0.1) is 7.11 Å². The van der Waals surface area contributed by atoms with Crippen LogP contribution < -0.4 is 20.7 Å². The summed E-state index contributed by atoms with van der Waals surface area (Å²) in [5.74, 6) is -0.402. The largest absolute Gasteiger partial charge is 0.497 e. The Morgan fingerprint density at radius 1 is 0.717 bits per heavy atom. The van der Waals surface area contributed by atoms with Crippen LogP contribution in [0.25, 0.3) is 6.08 Å². The zero-order chi connectivity index (χ0) is 32.3. The molecule has 0 heterocycles. The van der Waals surface area contributed by atoms with Crippen LogP contribution in [0, 0.1) is 6.92 Å². The van der Waals surface area contributed by atoms with Gasteiger partial charge in [-0.3, -0.25) is 14.4 Å². The Labute approximate surface area is 272 Å². The molecule has 0 aromatic heterocycles. The fourth-order valence-corrected chi connectivity index (χ4v) is 5.71. The van der Waals surface area contributed by atoms with E-state index in [0.29, 0.717) is 22.6 Å². The minimum absolute atomic E-state index is 0.0665. The lowest BCUT2D eigenvalue weighted by Crippen LogP contribution is -2.30. The monoisotopic (exact) mass is 627 g/mol. The van der Waals surface area contributed by atoms with Crippen LogP contribution in [-0.2, 0) is 9.59 Å². The van der Waals surface area contributed by atoms with E-state index in [2.05, 4.69) is 16.0 Å². The van der Waals surface area contributed by atoms with Gasteiger partial charge in [-0.1, -0.05) is 78.9 Å². The molecule has 1 atom stereocenters. The normalized spacial score (nSPS) is 11.7. The molecule has 0 radical (unpaired) electrons. The van der Waals surface area contributed by atoms with E-state index in [-0.39, 0.29) is 11.6 Å². The number of anilines is 2. The number of carbonyl (C=O) groups is 3. The number of hydrogen-bond acceptors (Lipinski definition) is 5. The number of benzene rings is 5. The molecule has 0 aliphatic rings. The van der Waals surface area contributed by atoms with Gasteiger partial charge >= 0.3 is 0 Å². The third-order valence-electron chi connectivity index (χ3n) is 6.93. The summed E-state index contributed by atoms with van der Waals surface area (Å²) < 4.78 is 5.24. The second-order valence-electron chi connectivity index (χ2n) is 10.4. The highest BCUT2D eigenvalue weighted by Crippen LogP contribution is 2.37. The highest BCUT2D eigenvalue weighted by molar-refractivity contribution is 8.00. The second-order valence-corrected chi connectivity index (χ2v) is 11.6. The molecule has 5 rings (SSSR count). The summed E-state index contributed by atoms with van der Waals surface area (Å²) in [7, 11) is 1.58. The molecule has 0 aliphatic carbocycles. The number of rotatable bonds is 11. The number of thioether (sulfide) groups is 1. The lowest BCUT2D eigenvalue weighted by molar-refractivity contribution is -0.116. The number of methoxy groups -OCH3 is 1. The van der Waals surface area contributed by atoms with Crippen LogP contribution in [0.1, 0.15) is 32.3 Å². The van der Waals surface area contributed by atoms with Crippen molar-refractivity contribution in [3.63, 3.8) is 0 Å². The van der Waals surface area contributed by atoms with Crippen LogP contribution in [0.5, 0.6) is 5.75 Å². The van der Waals surface area contributed by atoms with Crippen LogP contribution in [0.4, 0.5) is 11.4 Å². The number of ether oxygens (including phenoxy) is 1. The zero-order valence-electron chi connectivity index (χ0n) is 25.4. The molecule has 3 amide bonds. The van der Waals surface area contributed by atoms with E-state index in [1.54, 1.807) is 67.8 Å². The average Bonchev–Trinajstić information content (AvgIpc) is 3.08. The van der Waals surface area contributed by atoms with Crippen LogP contribution in [-0.4, -0.2) is 24.8 Å². The van der Waals surface area contributed by atoms with Gasteiger partial charge in [-0.15, -0.1) is 11.8 Å². The standard InChI is InChI=1S/C38H33N3O4S/c1-26-11-9-16-30(23-26)40-38(44)35(28-12-5-3-6-13-28)46-33-18-10-17-31(25-33)39-37(43)34(24-27-19-21-32(45-2)22-20-27)41-36(42)29-14-7-4-8-15-29/h3-25,35H,1-2H3,(H,39,43)(H,40,44)(H,41,42)/b34-24+. The van der Waals surface area contributed by atoms with Crippen molar-refractivity contribution < 1.29 is 19.1 Å². The first kappa shape index (κ1) is 31.8. The molecule has 0 saturated carbocycles. The molecule has 5 aromatic rings. The molecule has 1 unspecified atom stereocenters. The van der Waals surface area contributed by atoms with Crippen molar-refractivity contribution in [1.29, 1.82) is 0 Å². The predicted octanol–water partition coefficient (Wildman–Crippen LogP) is 7.89. The third-order valence-corrected chi connectivity index (χ3v) is 8.18. The van der Waals surface area contributed by atoms with Crippen LogP contribution >= 0.6 is 11.8 Å². The summed E-state index contributed by atoms with van der Waals surface area (Å²) in [5.41, 5.74) is 4.32. The first-order valence-electron chi connectivity index (χ1n) is 14.6. The highest BCUT2D eigenvalue weighted by atomic mass is 32.2. The van der Waals surface area contributed by atoms with Crippen molar-refractivity contribution in [2.45, 2.75) is 17.1 Å². The Balaban J connectivity index is 1.37. The smallest absolute Gasteiger partial charge is 0.272 e. The van der Waals surface area contributed by atoms with Gasteiger partial charge in [0.1, 0.15) is 16.7 Å². The van der Waals surface area contributed by atoms with E-state index in [1.807, 2.05) is 85.8 Å². The first-order valence-corrected chi connectivity index (χ1v) is 15.5. The van der Waals surface area contributed by atoms with Crippen LogP contribution in [0.2, 0.25) is 0 Å². The summed E-state index contributed by atoms with van der Waals surface area (Å²) >= 11 is 1.38. The van der Waals surface area contributed by atoms with Crippen molar-refractivity contribution >= 4 is 46.9 Å². The van der Waals surface area contributed by atoms with Crippen molar-refractivity contribution in [2.75, 3.05) is 17.7 Å². The van der Waals surface area contributed by atoms with Gasteiger partial charge in [0, 0.05) is 21.8 Å². The maximum atomic E-state index is 13.6.